The SMILES string of the molecule is CCCCOc1cccc(C(=O)Nc2ccc3c(c2)oc2ccccc23)c1. The van der Waals surface area contributed by atoms with Crippen LogP contribution < -0.4 is 10.1 Å². The van der Waals surface area contributed by atoms with Gasteiger partial charge < -0.3 is 14.5 Å². The van der Waals surface area contributed by atoms with E-state index in [9.17, 15) is 4.79 Å². The summed E-state index contributed by atoms with van der Waals surface area (Å²) in [5.74, 6) is 0.537. The van der Waals surface area contributed by atoms with Crippen molar-refractivity contribution in [1.82, 2.24) is 0 Å². The van der Waals surface area contributed by atoms with Crippen LogP contribution in [0.4, 0.5) is 5.69 Å². The fraction of sp³-hybridized carbons (Fsp3) is 0.174. The smallest absolute Gasteiger partial charge is 0.255 e. The number of anilines is 1. The van der Waals surface area contributed by atoms with Crippen LogP contribution >= 0.6 is 0 Å². The highest BCUT2D eigenvalue weighted by Gasteiger charge is 2.10. The summed E-state index contributed by atoms with van der Waals surface area (Å²) < 4.78 is 11.6. The lowest BCUT2D eigenvalue weighted by molar-refractivity contribution is 0.102. The molecule has 0 aliphatic carbocycles. The molecule has 0 bridgehead atoms. The number of fused-ring (bicyclic) bond motifs is 3. The number of benzene rings is 3. The Morgan fingerprint density at radius 2 is 1.81 bits per heavy atom. The molecule has 0 fully saturated rings. The summed E-state index contributed by atoms with van der Waals surface area (Å²) in [6.45, 7) is 2.77. The Labute approximate surface area is 157 Å². The lowest BCUT2D eigenvalue weighted by atomic mass is 10.1. The Bertz CT molecular complexity index is 1100. The van der Waals surface area contributed by atoms with E-state index >= 15 is 0 Å². The quantitative estimate of drug-likeness (QED) is 0.428. The molecule has 0 radical (unpaired) electrons. The molecule has 1 amide bonds. The van der Waals surface area contributed by atoms with E-state index in [0.717, 1.165) is 34.8 Å². The van der Waals surface area contributed by atoms with E-state index < -0.39 is 0 Å². The minimum absolute atomic E-state index is 0.175. The zero-order chi connectivity index (χ0) is 18.6. The normalized spacial score (nSPS) is 11.0. The highest BCUT2D eigenvalue weighted by molar-refractivity contribution is 6.08. The second kappa shape index (κ2) is 7.54. The average molecular weight is 359 g/mol. The Hall–Kier alpha value is -3.27. The standard InChI is InChI=1S/C23H21NO3/c1-2-3-13-26-18-8-6-7-16(14-18)23(25)24-17-11-12-20-19-9-4-5-10-21(19)27-22(20)15-17/h4-12,14-15H,2-3,13H2,1H3,(H,24,25). The van der Waals surface area contributed by atoms with Gasteiger partial charge >= 0.3 is 0 Å². The first-order valence-electron chi connectivity index (χ1n) is 9.20. The highest BCUT2D eigenvalue weighted by atomic mass is 16.5. The van der Waals surface area contributed by atoms with Gasteiger partial charge in [-0.15, -0.1) is 0 Å². The first-order chi connectivity index (χ1) is 13.2. The number of rotatable bonds is 6. The van der Waals surface area contributed by atoms with E-state index in [1.165, 1.54) is 0 Å². The summed E-state index contributed by atoms with van der Waals surface area (Å²) in [5.41, 5.74) is 2.86. The molecular formula is C23H21NO3. The van der Waals surface area contributed by atoms with Gasteiger partial charge in [-0.05, 0) is 42.8 Å². The molecular weight excluding hydrogens is 338 g/mol. The van der Waals surface area contributed by atoms with E-state index in [1.54, 1.807) is 12.1 Å². The molecule has 1 N–H and O–H groups in total. The van der Waals surface area contributed by atoms with Crippen LogP contribution in [0.3, 0.4) is 0 Å². The molecule has 0 unspecified atom stereocenters. The maximum absolute atomic E-state index is 12.6. The van der Waals surface area contributed by atoms with Gasteiger partial charge in [0.1, 0.15) is 16.9 Å². The number of hydrogen-bond acceptors (Lipinski definition) is 3. The maximum atomic E-state index is 12.6. The Morgan fingerprint density at radius 3 is 2.70 bits per heavy atom. The molecule has 4 heteroatoms. The number of ether oxygens (including phenoxy) is 1. The molecule has 4 rings (SSSR count). The summed E-state index contributed by atoms with van der Waals surface area (Å²) in [6, 6.07) is 20.9. The van der Waals surface area contributed by atoms with Crippen molar-refractivity contribution in [3.63, 3.8) is 0 Å². The van der Waals surface area contributed by atoms with Gasteiger partial charge in [-0.2, -0.15) is 0 Å². The van der Waals surface area contributed by atoms with Crippen LogP contribution in [-0.2, 0) is 0 Å². The van der Waals surface area contributed by atoms with Crippen LogP contribution in [0, 0.1) is 0 Å². The Kier molecular flexibility index (Phi) is 4.79. The molecule has 0 saturated carbocycles. The number of carbonyl (C=O) groups excluding carboxylic acids is 1. The summed E-state index contributed by atoms with van der Waals surface area (Å²) in [7, 11) is 0. The van der Waals surface area contributed by atoms with Crippen molar-refractivity contribution in [3.8, 4) is 5.75 Å². The van der Waals surface area contributed by atoms with E-state index in [0.29, 0.717) is 23.6 Å². The van der Waals surface area contributed by atoms with Crippen LogP contribution in [0.15, 0.2) is 71.1 Å². The molecule has 0 saturated heterocycles. The van der Waals surface area contributed by atoms with Crippen molar-refractivity contribution >= 4 is 33.5 Å². The minimum Gasteiger partial charge on any atom is -0.494 e. The fourth-order valence-corrected chi connectivity index (χ4v) is 3.07. The maximum Gasteiger partial charge on any atom is 0.255 e. The van der Waals surface area contributed by atoms with E-state index in [4.69, 9.17) is 9.15 Å². The van der Waals surface area contributed by atoms with Gasteiger partial charge in [0, 0.05) is 28.1 Å². The van der Waals surface area contributed by atoms with Gasteiger partial charge in [0.25, 0.3) is 5.91 Å². The molecule has 0 spiro atoms. The molecule has 0 atom stereocenters. The molecule has 4 nitrogen and oxygen atoms in total. The molecule has 1 heterocycles. The predicted octanol–water partition coefficient (Wildman–Crippen LogP) is 6.02. The first kappa shape index (κ1) is 17.2. The molecule has 27 heavy (non-hydrogen) atoms. The number of furan rings is 1. The second-order valence-corrected chi connectivity index (χ2v) is 6.49. The van der Waals surface area contributed by atoms with Crippen LogP contribution in [0.1, 0.15) is 30.1 Å². The molecule has 136 valence electrons. The van der Waals surface area contributed by atoms with Gasteiger partial charge in [-0.3, -0.25) is 4.79 Å². The van der Waals surface area contributed by atoms with Gasteiger partial charge in [0.05, 0.1) is 6.61 Å². The largest absolute Gasteiger partial charge is 0.494 e. The number of hydrogen-bond donors (Lipinski definition) is 1. The second-order valence-electron chi connectivity index (χ2n) is 6.49. The van der Waals surface area contributed by atoms with Crippen molar-refractivity contribution in [1.29, 1.82) is 0 Å². The van der Waals surface area contributed by atoms with E-state index in [2.05, 4.69) is 12.2 Å². The minimum atomic E-state index is -0.175. The van der Waals surface area contributed by atoms with Crippen molar-refractivity contribution in [2.24, 2.45) is 0 Å². The molecule has 0 aliphatic rings. The summed E-state index contributed by atoms with van der Waals surface area (Å²) >= 11 is 0. The Balaban J connectivity index is 1.54. The van der Waals surface area contributed by atoms with Crippen molar-refractivity contribution in [2.45, 2.75) is 19.8 Å². The highest BCUT2D eigenvalue weighted by Crippen LogP contribution is 2.30. The third kappa shape index (κ3) is 3.65. The lowest BCUT2D eigenvalue weighted by Gasteiger charge is -2.08. The first-order valence-corrected chi connectivity index (χ1v) is 9.20. The molecule has 3 aromatic carbocycles. The molecule has 1 aromatic heterocycles. The monoisotopic (exact) mass is 359 g/mol. The van der Waals surface area contributed by atoms with Gasteiger partial charge in [-0.1, -0.05) is 37.6 Å². The predicted molar refractivity (Wildman–Crippen MR) is 109 cm³/mol. The number of nitrogens with one attached hydrogen (secondary N) is 1. The van der Waals surface area contributed by atoms with Crippen molar-refractivity contribution < 1.29 is 13.9 Å². The van der Waals surface area contributed by atoms with Crippen LogP contribution in [-0.4, -0.2) is 12.5 Å². The zero-order valence-electron chi connectivity index (χ0n) is 15.2. The third-order valence-corrected chi connectivity index (χ3v) is 4.50. The molecule has 4 aromatic rings. The van der Waals surface area contributed by atoms with Gasteiger partial charge in [0.2, 0.25) is 0 Å². The summed E-state index contributed by atoms with van der Waals surface area (Å²) in [4.78, 5) is 12.6. The average Bonchev–Trinajstić information content (AvgIpc) is 3.06. The zero-order valence-corrected chi connectivity index (χ0v) is 15.2. The number of carbonyl (C=O) groups is 1. The Morgan fingerprint density at radius 1 is 0.963 bits per heavy atom. The van der Waals surface area contributed by atoms with E-state index in [-0.39, 0.29) is 5.91 Å². The lowest BCUT2D eigenvalue weighted by Crippen LogP contribution is -2.12. The summed E-state index contributed by atoms with van der Waals surface area (Å²) in [5, 5.41) is 5.04. The third-order valence-electron chi connectivity index (χ3n) is 4.50. The summed E-state index contributed by atoms with van der Waals surface area (Å²) in [6.07, 6.45) is 2.07. The van der Waals surface area contributed by atoms with Crippen LogP contribution in [0.2, 0.25) is 0 Å². The molecule has 0 aliphatic heterocycles. The number of unbranched alkanes of at least 4 members (excludes halogenated alkanes) is 1. The van der Waals surface area contributed by atoms with Gasteiger partial charge in [0.15, 0.2) is 0 Å². The van der Waals surface area contributed by atoms with Crippen LogP contribution in [0.5, 0.6) is 5.75 Å². The fourth-order valence-electron chi connectivity index (χ4n) is 3.07. The van der Waals surface area contributed by atoms with E-state index in [1.807, 2.05) is 54.6 Å². The van der Waals surface area contributed by atoms with Crippen molar-refractivity contribution in [3.05, 3.63) is 72.3 Å². The van der Waals surface area contributed by atoms with Crippen molar-refractivity contribution in [2.75, 3.05) is 11.9 Å². The number of amides is 1. The van der Waals surface area contributed by atoms with Gasteiger partial charge in [-0.25, -0.2) is 0 Å². The van der Waals surface area contributed by atoms with Crippen LogP contribution in [0.25, 0.3) is 21.9 Å². The number of para-hydroxylation sites is 1. The topological polar surface area (TPSA) is 51.5 Å².